The number of nitrogens with one attached hydrogen (secondary N) is 3. The number of nitrogens with two attached hydrogens (primary N) is 1. The number of benzene rings is 1. The predicted octanol–water partition coefficient (Wildman–Crippen LogP) is 0.536. The van der Waals surface area contributed by atoms with E-state index < -0.39 is 6.04 Å². The zero-order valence-corrected chi connectivity index (χ0v) is 11.4. The lowest BCUT2D eigenvalue weighted by Gasteiger charge is -2.22. The number of likely N-dealkylation sites (N-methyl/N-ethyl adjacent to an activating group) is 1. The highest BCUT2D eigenvalue weighted by Crippen LogP contribution is 2.35. The van der Waals surface area contributed by atoms with Crippen molar-refractivity contribution < 1.29 is 14.3 Å². The number of carbonyl (C=O) groups excluding carboxylic acids is 2. The summed E-state index contributed by atoms with van der Waals surface area (Å²) in [5, 5.41) is 8.43. The second kappa shape index (κ2) is 5.68. The second-order valence-corrected chi connectivity index (χ2v) is 4.53. The number of hydrogen-bond acceptors (Lipinski definition) is 5. The molecule has 1 aliphatic rings. The second-order valence-electron chi connectivity index (χ2n) is 4.53. The summed E-state index contributed by atoms with van der Waals surface area (Å²) in [6, 6.07) is 2.86. The van der Waals surface area contributed by atoms with Crippen LogP contribution in [-0.4, -0.2) is 31.0 Å². The molecule has 0 bridgehead atoms. The van der Waals surface area contributed by atoms with E-state index in [4.69, 9.17) is 10.5 Å². The van der Waals surface area contributed by atoms with E-state index in [1.807, 2.05) is 6.92 Å². The quantitative estimate of drug-likeness (QED) is 0.601. The highest BCUT2D eigenvalue weighted by atomic mass is 16.5. The molecule has 0 radical (unpaired) electrons. The van der Waals surface area contributed by atoms with Gasteiger partial charge in [-0.15, -0.1) is 0 Å². The Morgan fingerprint density at radius 1 is 1.55 bits per heavy atom. The Labute approximate surface area is 116 Å². The molecular formula is C13H18N4O3. The molecule has 1 aliphatic heterocycles. The molecule has 0 spiro atoms. The summed E-state index contributed by atoms with van der Waals surface area (Å²) in [6.07, 6.45) is 0. The van der Waals surface area contributed by atoms with E-state index in [1.165, 1.54) is 0 Å². The van der Waals surface area contributed by atoms with Crippen LogP contribution in [0.1, 0.15) is 13.8 Å². The molecule has 7 nitrogen and oxygen atoms in total. The van der Waals surface area contributed by atoms with Gasteiger partial charge in [0.25, 0.3) is 5.91 Å². The van der Waals surface area contributed by atoms with Crippen LogP contribution in [0.25, 0.3) is 0 Å². The predicted molar refractivity (Wildman–Crippen MR) is 76.7 cm³/mol. The summed E-state index contributed by atoms with van der Waals surface area (Å²) in [6.45, 7) is 4.13. The number of amides is 2. The standard InChI is InChI=1S/C13H18N4O3/c1-3-15-13(19)7(2)16-9-5-10-11(4-8(9)14)20-6-12(18)17-10/h4-5,7,16H,3,6,14H2,1-2H3,(H,15,19)(H,17,18). The van der Waals surface area contributed by atoms with Crippen molar-refractivity contribution in [2.45, 2.75) is 19.9 Å². The van der Waals surface area contributed by atoms with E-state index in [9.17, 15) is 9.59 Å². The molecule has 1 aromatic carbocycles. The number of fused-ring (bicyclic) bond motifs is 1. The van der Waals surface area contributed by atoms with Gasteiger partial charge in [0.15, 0.2) is 6.61 Å². The first-order valence-electron chi connectivity index (χ1n) is 6.41. The Morgan fingerprint density at radius 2 is 2.30 bits per heavy atom. The van der Waals surface area contributed by atoms with Crippen LogP contribution in [0.3, 0.4) is 0 Å². The Morgan fingerprint density at radius 3 is 3.00 bits per heavy atom. The van der Waals surface area contributed by atoms with Gasteiger partial charge in [0, 0.05) is 12.6 Å². The average molecular weight is 278 g/mol. The first-order chi connectivity index (χ1) is 9.51. The molecule has 5 N–H and O–H groups in total. The largest absolute Gasteiger partial charge is 0.482 e. The maximum absolute atomic E-state index is 11.7. The summed E-state index contributed by atoms with van der Waals surface area (Å²) in [5.41, 5.74) is 7.49. The minimum Gasteiger partial charge on any atom is -0.482 e. The molecule has 20 heavy (non-hydrogen) atoms. The molecule has 2 rings (SSSR count). The number of ether oxygens (including phenoxy) is 1. The monoisotopic (exact) mass is 278 g/mol. The Balaban J connectivity index is 2.18. The van der Waals surface area contributed by atoms with Crippen LogP contribution < -0.4 is 26.4 Å². The maximum Gasteiger partial charge on any atom is 0.262 e. The van der Waals surface area contributed by atoms with Crippen LogP contribution in [-0.2, 0) is 9.59 Å². The van der Waals surface area contributed by atoms with E-state index >= 15 is 0 Å². The third-order valence-corrected chi connectivity index (χ3v) is 2.90. The average Bonchev–Trinajstić information content (AvgIpc) is 2.40. The lowest BCUT2D eigenvalue weighted by atomic mass is 10.2. The van der Waals surface area contributed by atoms with Crippen molar-refractivity contribution in [2.75, 3.05) is 29.5 Å². The van der Waals surface area contributed by atoms with E-state index in [1.54, 1.807) is 19.1 Å². The minimum absolute atomic E-state index is 0.0193. The molecule has 108 valence electrons. The molecule has 0 aromatic heterocycles. The lowest BCUT2D eigenvalue weighted by Crippen LogP contribution is -2.37. The molecule has 1 unspecified atom stereocenters. The van der Waals surface area contributed by atoms with Crippen LogP contribution in [0, 0.1) is 0 Å². The SMILES string of the molecule is CCNC(=O)C(C)Nc1cc2c(cc1N)OCC(=O)N2. The van der Waals surface area contributed by atoms with E-state index in [0.29, 0.717) is 29.4 Å². The molecule has 0 fully saturated rings. The van der Waals surface area contributed by atoms with Gasteiger partial charge < -0.3 is 26.4 Å². The summed E-state index contributed by atoms with van der Waals surface area (Å²) < 4.78 is 5.26. The van der Waals surface area contributed by atoms with Crippen molar-refractivity contribution in [1.29, 1.82) is 0 Å². The van der Waals surface area contributed by atoms with Gasteiger partial charge in [-0.25, -0.2) is 0 Å². The van der Waals surface area contributed by atoms with Crippen molar-refractivity contribution in [1.82, 2.24) is 5.32 Å². The van der Waals surface area contributed by atoms with Gasteiger partial charge in [-0.1, -0.05) is 0 Å². The summed E-state index contributed by atoms with van der Waals surface area (Å²) >= 11 is 0. The van der Waals surface area contributed by atoms with Crippen LogP contribution in [0.5, 0.6) is 5.75 Å². The molecule has 0 saturated carbocycles. The van der Waals surface area contributed by atoms with Crippen LogP contribution >= 0.6 is 0 Å². The zero-order valence-electron chi connectivity index (χ0n) is 11.4. The highest BCUT2D eigenvalue weighted by molar-refractivity contribution is 5.97. The molecule has 1 atom stereocenters. The van der Waals surface area contributed by atoms with Crippen molar-refractivity contribution in [3.63, 3.8) is 0 Å². The first-order valence-corrected chi connectivity index (χ1v) is 6.41. The van der Waals surface area contributed by atoms with Gasteiger partial charge in [-0.05, 0) is 19.9 Å². The van der Waals surface area contributed by atoms with Crippen molar-refractivity contribution in [3.8, 4) is 5.75 Å². The smallest absolute Gasteiger partial charge is 0.262 e. The number of hydrogen-bond donors (Lipinski definition) is 4. The zero-order chi connectivity index (χ0) is 14.7. The fourth-order valence-electron chi connectivity index (χ4n) is 1.89. The van der Waals surface area contributed by atoms with Gasteiger partial charge in [0.2, 0.25) is 5.91 Å². The van der Waals surface area contributed by atoms with Crippen LogP contribution in [0.4, 0.5) is 17.1 Å². The molecule has 7 heteroatoms. The molecule has 0 aliphatic carbocycles. The summed E-state index contributed by atoms with van der Waals surface area (Å²) in [5.74, 6) is 0.188. The number of rotatable bonds is 4. The highest BCUT2D eigenvalue weighted by Gasteiger charge is 2.19. The van der Waals surface area contributed by atoms with E-state index in [0.717, 1.165) is 0 Å². The van der Waals surface area contributed by atoms with Gasteiger partial charge in [-0.2, -0.15) is 0 Å². The Hall–Kier alpha value is -2.44. The van der Waals surface area contributed by atoms with Crippen molar-refractivity contribution >= 4 is 28.9 Å². The van der Waals surface area contributed by atoms with Gasteiger partial charge >= 0.3 is 0 Å². The fourth-order valence-corrected chi connectivity index (χ4v) is 1.89. The topological polar surface area (TPSA) is 105 Å². The molecular weight excluding hydrogens is 260 g/mol. The van der Waals surface area contributed by atoms with Gasteiger partial charge in [0.1, 0.15) is 11.8 Å². The molecule has 2 amide bonds. The Bertz CT molecular complexity index is 545. The Kier molecular flexibility index (Phi) is 3.97. The van der Waals surface area contributed by atoms with Gasteiger partial charge in [-0.3, -0.25) is 9.59 Å². The van der Waals surface area contributed by atoms with Crippen molar-refractivity contribution in [2.24, 2.45) is 0 Å². The maximum atomic E-state index is 11.7. The van der Waals surface area contributed by atoms with Gasteiger partial charge in [0.05, 0.1) is 17.1 Å². The fraction of sp³-hybridized carbons (Fsp3) is 0.385. The first kappa shape index (κ1) is 14.0. The van der Waals surface area contributed by atoms with Crippen molar-refractivity contribution in [3.05, 3.63) is 12.1 Å². The molecule has 1 heterocycles. The van der Waals surface area contributed by atoms with Crippen LogP contribution in [0.2, 0.25) is 0 Å². The van der Waals surface area contributed by atoms with E-state index in [2.05, 4.69) is 16.0 Å². The summed E-state index contributed by atoms with van der Waals surface area (Å²) in [4.78, 5) is 23.0. The number of carbonyl (C=O) groups is 2. The normalized spacial score (nSPS) is 14.6. The van der Waals surface area contributed by atoms with Crippen LogP contribution in [0.15, 0.2) is 12.1 Å². The minimum atomic E-state index is -0.435. The molecule has 0 saturated heterocycles. The summed E-state index contributed by atoms with van der Waals surface area (Å²) in [7, 11) is 0. The molecule has 1 aromatic rings. The van der Waals surface area contributed by atoms with E-state index in [-0.39, 0.29) is 18.4 Å². The lowest BCUT2D eigenvalue weighted by molar-refractivity contribution is -0.121. The third-order valence-electron chi connectivity index (χ3n) is 2.90. The number of nitrogen functional groups attached to an aromatic ring is 1. The number of anilines is 3. The third kappa shape index (κ3) is 2.93.